The van der Waals surface area contributed by atoms with Crippen LogP contribution in [0.4, 0.5) is 0 Å². The Labute approximate surface area is 176 Å². The summed E-state index contributed by atoms with van der Waals surface area (Å²) in [6, 6.07) is 8.21. The predicted molar refractivity (Wildman–Crippen MR) is 121 cm³/mol. The highest BCUT2D eigenvalue weighted by molar-refractivity contribution is 5.79. The molecule has 1 aliphatic rings. The van der Waals surface area contributed by atoms with Crippen molar-refractivity contribution in [2.75, 3.05) is 52.5 Å². The number of ether oxygens (including phenoxy) is 1. The zero-order valence-corrected chi connectivity index (χ0v) is 18.7. The SMILES string of the molecule is CCNC(=NCC(O)c1ccc(C(C)(C)C)cc1)NCCCCN1CCOCC1. The Morgan fingerprint density at radius 2 is 1.83 bits per heavy atom. The molecule has 6 heteroatoms. The quantitative estimate of drug-likeness (QED) is 0.335. The number of nitrogens with zero attached hydrogens (tertiary/aromatic N) is 2. The van der Waals surface area contributed by atoms with Gasteiger partial charge >= 0.3 is 0 Å². The molecule has 2 rings (SSSR count). The van der Waals surface area contributed by atoms with Gasteiger partial charge in [0.2, 0.25) is 0 Å². The fourth-order valence-corrected chi connectivity index (χ4v) is 3.32. The third kappa shape index (κ3) is 8.72. The molecule has 6 nitrogen and oxygen atoms in total. The predicted octanol–water partition coefficient (Wildman–Crippen LogP) is 2.69. The van der Waals surface area contributed by atoms with E-state index in [-0.39, 0.29) is 5.41 Å². The Bertz CT molecular complexity index is 604. The van der Waals surface area contributed by atoms with Gasteiger partial charge in [-0.05, 0) is 42.9 Å². The van der Waals surface area contributed by atoms with E-state index in [2.05, 4.69) is 60.4 Å². The Hall–Kier alpha value is -1.63. The number of guanidine groups is 1. The lowest BCUT2D eigenvalue weighted by molar-refractivity contribution is 0.0372. The molecule has 0 radical (unpaired) electrons. The molecule has 0 aliphatic carbocycles. The van der Waals surface area contributed by atoms with Gasteiger partial charge in [-0.1, -0.05) is 45.0 Å². The minimum Gasteiger partial charge on any atom is -0.386 e. The molecular formula is C23H40N4O2. The standard InChI is InChI=1S/C23H40N4O2/c1-5-24-22(25-12-6-7-13-27-14-16-29-17-15-27)26-18-21(28)19-8-10-20(11-9-19)23(2,3)4/h8-11,21,28H,5-7,12-18H2,1-4H3,(H2,24,25,26). The summed E-state index contributed by atoms with van der Waals surface area (Å²) in [6.07, 6.45) is 1.66. The summed E-state index contributed by atoms with van der Waals surface area (Å²) >= 11 is 0. The topological polar surface area (TPSA) is 69.1 Å². The van der Waals surface area contributed by atoms with Crippen molar-refractivity contribution >= 4 is 5.96 Å². The van der Waals surface area contributed by atoms with Crippen molar-refractivity contribution in [1.29, 1.82) is 0 Å². The van der Waals surface area contributed by atoms with Crippen molar-refractivity contribution in [2.24, 2.45) is 4.99 Å². The van der Waals surface area contributed by atoms with Gasteiger partial charge in [0.05, 0.1) is 25.9 Å². The van der Waals surface area contributed by atoms with E-state index in [1.165, 1.54) is 5.56 Å². The maximum absolute atomic E-state index is 10.5. The number of aliphatic hydroxyl groups excluding tert-OH is 1. The van der Waals surface area contributed by atoms with E-state index >= 15 is 0 Å². The molecule has 1 aromatic rings. The summed E-state index contributed by atoms with van der Waals surface area (Å²) in [4.78, 5) is 7.03. The first-order chi connectivity index (χ1) is 13.9. The van der Waals surface area contributed by atoms with Gasteiger partial charge in [-0.15, -0.1) is 0 Å². The second-order valence-electron chi connectivity index (χ2n) is 8.70. The van der Waals surface area contributed by atoms with Crippen LogP contribution >= 0.6 is 0 Å². The van der Waals surface area contributed by atoms with Crippen LogP contribution in [0.5, 0.6) is 0 Å². The van der Waals surface area contributed by atoms with Gasteiger partial charge in [0.1, 0.15) is 0 Å². The maximum Gasteiger partial charge on any atom is 0.191 e. The monoisotopic (exact) mass is 404 g/mol. The Morgan fingerprint density at radius 3 is 2.45 bits per heavy atom. The fourth-order valence-electron chi connectivity index (χ4n) is 3.32. The number of hydrogen-bond acceptors (Lipinski definition) is 4. The van der Waals surface area contributed by atoms with Crippen LogP contribution in [0.2, 0.25) is 0 Å². The summed E-state index contributed by atoms with van der Waals surface area (Å²) in [6.45, 7) is 15.6. The highest BCUT2D eigenvalue weighted by Gasteiger charge is 2.14. The van der Waals surface area contributed by atoms with E-state index in [4.69, 9.17) is 4.74 Å². The molecule has 1 unspecified atom stereocenters. The zero-order valence-electron chi connectivity index (χ0n) is 18.7. The summed E-state index contributed by atoms with van der Waals surface area (Å²) in [5, 5.41) is 17.1. The fraction of sp³-hybridized carbons (Fsp3) is 0.696. The Morgan fingerprint density at radius 1 is 1.14 bits per heavy atom. The van der Waals surface area contributed by atoms with Crippen molar-refractivity contribution in [3.05, 3.63) is 35.4 Å². The molecular weight excluding hydrogens is 364 g/mol. The van der Waals surface area contributed by atoms with Gasteiger partial charge in [0.25, 0.3) is 0 Å². The second-order valence-corrected chi connectivity index (χ2v) is 8.70. The second kappa shape index (κ2) is 12.2. The van der Waals surface area contributed by atoms with E-state index in [1.807, 2.05) is 12.1 Å². The zero-order chi connectivity index (χ0) is 21.1. The number of aliphatic hydroxyl groups is 1. The highest BCUT2D eigenvalue weighted by Crippen LogP contribution is 2.24. The highest BCUT2D eigenvalue weighted by atomic mass is 16.5. The van der Waals surface area contributed by atoms with Crippen LogP contribution in [-0.2, 0) is 10.2 Å². The molecule has 0 aromatic heterocycles. The number of nitrogens with one attached hydrogen (secondary N) is 2. The number of morpholine rings is 1. The molecule has 3 N–H and O–H groups in total. The van der Waals surface area contributed by atoms with Crippen LogP contribution in [0.25, 0.3) is 0 Å². The normalized spacial score (nSPS) is 17.2. The number of hydrogen-bond donors (Lipinski definition) is 3. The first kappa shape index (κ1) is 23.6. The Balaban J connectivity index is 1.75. The average molecular weight is 405 g/mol. The van der Waals surface area contributed by atoms with Gasteiger partial charge in [-0.2, -0.15) is 0 Å². The molecule has 29 heavy (non-hydrogen) atoms. The van der Waals surface area contributed by atoms with Crippen LogP contribution < -0.4 is 10.6 Å². The van der Waals surface area contributed by atoms with Gasteiger partial charge in [-0.25, -0.2) is 0 Å². The first-order valence-corrected chi connectivity index (χ1v) is 11.0. The molecule has 0 saturated carbocycles. The lowest BCUT2D eigenvalue weighted by atomic mass is 9.86. The lowest BCUT2D eigenvalue weighted by Crippen LogP contribution is -2.39. The molecule has 0 spiro atoms. The van der Waals surface area contributed by atoms with Crippen molar-refractivity contribution in [1.82, 2.24) is 15.5 Å². The van der Waals surface area contributed by atoms with Crippen LogP contribution in [0, 0.1) is 0 Å². The molecule has 1 heterocycles. The lowest BCUT2D eigenvalue weighted by Gasteiger charge is -2.26. The molecule has 1 saturated heterocycles. The minimum atomic E-state index is -0.596. The van der Waals surface area contributed by atoms with E-state index in [9.17, 15) is 5.11 Å². The Kier molecular flexibility index (Phi) is 9.91. The molecule has 1 aliphatic heterocycles. The van der Waals surface area contributed by atoms with E-state index in [1.54, 1.807) is 0 Å². The number of unbranched alkanes of at least 4 members (excludes halogenated alkanes) is 1. The van der Waals surface area contributed by atoms with Gasteiger partial charge in [-0.3, -0.25) is 9.89 Å². The summed E-state index contributed by atoms with van der Waals surface area (Å²) in [5.74, 6) is 0.768. The van der Waals surface area contributed by atoms with E-state index < -0.39 is 6.10 Å². The van der Waals surface area contributed by atoms with Crippen molar-refractivity contribution in [2.45, 2.75) is 52.1 Å². The molecule has 1 fully saturated rings. The van der Waals surface area contributed by atoms with Crippen molar-refractivity contribution < 1.29 is 9.84 Å². The van der Waals surface area contributed by atoms with Crippen LogP contribution in [0.15, 0.2) is 29.3 Å². The van der Waals surface area contributed by atoms with Crippen molar-refractivity contribution in [3.8, 4) is 0 Å². The molecule has 1 aromatic carbocycles. The van der Waals surface area contributed by atoms with E-state index in [0.29, 0.717) is 6.54 Å². The number of aliphatic imine (C=N–C) groups is 1. The van der Waals surface area contributed by atoms with E-state index in [0.717, 1.165) is 70.3 Å². The van der Waals surface area contributed by atoms with Gasteiger partial charge in [0, 0.05) is 26.2 Å². The first-order valence-electron chi connectivity index (χ1n) is 11.0. The third-order valence-electron chi connectivity index (χ3n) is 5.23. The van der Waals surface area contributed by atoms with Crippen LogP contribution in [0.1, 0.15) is 57.8 Å². The number of rotatable bonds is 9. The largest absolute Gasteiger partial charge is 0.386 e. The molecule has 0 bridgehead atoms. The maximum atomic E-state index is 10.5. The average Bonchev–Trinajstić information content (AvgIpc) is 2.71. The van der Waals surface area contributed by atoms with Crippen LogP contribution in [-0.4, -0.2) is 68.4 Å². The summed E-state index contributed by atoms with van der Waals surface area (Å²) < 4.78 is 5.39. The summed E-state index contributed by atoms with van der Waals surface area (Å²) in [7, 11) is 0. The van der Waals surface area contributed by atoms with Crippen molar-refractivity contribution in [3.63, 3.8) is 0 Å². The number of benzene rings is 1. The molecule has 0 amide bonds. The summed E-state index contributed by atoms with van der Waals surface area (Å²) in [5.41, 5.74) is 2.29. The van der Waals surface area contributed by atoms with Crippen LogP contribution in [0.3, 0.4) is 0 Å². The molecule has 164 valence electrons. The van der Waals surface area contributed by atoms with Gasteiger partial charge < -0.3 is 20.5 Å². The van der Waals surface area contributed by atoms with Gasteiger partial charge in [0.15, 0.2) is 5.96 Å². The minimum absolute atomic E-state index is 0.117. The molecule has 1 atom stereocenters. The smallest absolute Gasteiger partial charge is 0.191 e. The third-order valence-corrected chi connectivity index (χ3v) is 5.23.